The molecule has 0 fully saturated rings. The Morgan fingerprint density at radius 2 is 1.76 bits per heavy atom. The molecule has 3 aromatic carbocycles. The third-order valence-electron chi connectivity index (χ3n) is 5.15. The number of rotatable bonds is 7. The van der Waals surface area contributed by atoms with Crippen LogP contribution in [0, 0.1) is 6.92 Å². The van der Waals surface area contributed by atoms with Crippen molar-refractivity contribution >= 4 is 33.2 Å². The predicted octanol–water partition coefficient (Wildman–Crippen LogP) is 3.80. The maximum absolute atomic E-state index is 13.4. The Bertz CT molecular complexity index is 1250. The third-order valence-corrected chi connectivity index (χ3v) is 7.16. The van der Waals surface area contributed by atoms with E-state index in [2.05, 4.69) is 5.32 Å². The van der Waals surface area contributed by atoms with E-state index in [1.165, 1.54) is 12.1 Å². The van der Waals surface area contributed by atoms with Crippen LogP contribution < -0.4 is 19.1 Å². The molecule has 33 heavy (non-hydrogen) atoms. The SMILES string of the molecule is Cc1ccc(Cl)cc1N(CC(=O)NCC1COc2ccccc2O1)S(=O)(=O)c1ccccc1. The highest BCUT2D eigenvalue weighted by atomic mass is 35.5. The average Bonchev–Trinajstić information content (AvgIpc) is 2.83. The first-order valence-corrected chi connectivity index (χ1v) is 12.2. The lowest BCUT2D eigenvalue weighted by atomic mass is 10.2. The molecule has 0 bridgehead atoms. The topological polar surface area (TPSA) is 84.9 Å². The van der Waals surface area contributed by atoms with Gasteiger partial charge in [0.2, 0.25) is 5.91 Å². The van der Waals surface area contributed by atoms with Crippen molar-refractivity contribution in [3.63, 3.8) is 0 Å². The highest BCUT2D eigenvalue weighted by Crippen LogP contribution is 2.31. The normalized spacial score (nSPS) is 15.0. The van der Waals surface area contributed by atoms with Crippen LogP contribution in [0.3, 0.4) is 0 Å². The number of benzene rings is 3. The summed E-state index contributed by atoms with van der Waals surface area (Å²) in [6, 6.07) is 20.2. The standard InChI is InChI=1S/C24H23ClN2O5S/c1-17-11-12-18(25)13-21(17)27(33(29,30)20-7-3-2-4-8-20)15-24(28)26-14-19-16-31-22-9-5-6-10-23(22)32-19/h2-13,19H,14-16H2,1H3,(H,26,28). The largest absolute Gasteiger partial charge is 0.486 e. The lowest BCUT2D eigenvalue weighted by Crippen LogP contribution is -2.45. The van der Waals surface area contributed by atoms with E-state index >= 15 is 0 Å². The maximum Gasteiger partial charge on any atom is 0.264 e. The van der Waals surface area contributed by atoms with Crippen molar-refractivity contribution in [1.29, 1.82) is 0 Å². The Balaban J connectivity index is 1.52. The van der Waals surface area contributed by atoms with Gasteiger partial charge in [-0.15, -0.1) is 0 Å². The Labute approximate surface area is 197 Å². The van der Waals surface area contributed by atoms with E-state index in [4.69, 9.17) is 21.1 Å². The van der Waals surface area contributed by atoms with Crippen LogP contribution in [0.2, 0.25) is 5.02 Å². The second kappa shape index (κ2) is 9.72. The number of anilines is 1. The molecule has 0 radical (unpaired) electrons. The van der Waals surface area contributed by atoms with Gasteiger partial charge in [0.15, 0.2) is 11.5 Å². The van der Waals surface area contributed by atoms with Gasteiger partial charge in [-0.25, -0.2) is 8.42 Å². The Morgan fingerprint density at radius 3 is 2.52 bits per heavy atom. The molecule has 9 heteroatoms. The number of fused-ring (bicyclic) bond motifs is 1. The number of halogens is 1. The smallest absolute Gasteiger partial charge is 0.264 e. The van der Waals surface area contributed by atoms with Crippen LogP contribution in [-0.4, -0.2) is 40.1 Å². The van der Waals surface area contributed by atoms with Crippen molar-refractivity contribution in [3.05, 3.63) is 83.4 Å². The van der Waals surface area contributed by atoms with Gasteiger partial charge < -0.3 is 14.8 Å². The zero-order valence-corrected chi connectivity index (χ0v) is 19.5. The van der Waals surface area contributed by atoms with E-state index in [1.54, 1.807) is 49.4 Å². The van der Waals surface area contributed by atoms with Gasteiger partial charge in [-0.3, -0.25) is 9.10 Å². The number of carbonyl (C=O) groups excluding carboxylic acids is 1. The van der Waals surface area contributed by atoms with Gasteiger partial charge in [0.1, 0.15) is 19.3 Å². The van der Waals surface area contributed by atoms with Crippen LogP contribution in [0.25, 0.3) is 0 Å². The van der Waals surface area contributed by atoms with Crippen molar-refractivity contribution in [2.24, 2.45) is 0 Å². The van der Waals surface area contributed by atoms with E-state index in [1.807, 2.05) is 18.2 Å². The molecule has 0 saturated heterocycles. The van der Waals surface area contributed by atoms with Gasteiger partial charge >= 0.3 is 0 Å². The van der Waals surface area contributed by atoms with E-state index in [-0.39, 0.29) is 18.0 Å². The summed E-state index contributed by atoms with van der Waals surface area (Å²) in [6.07, 6.45) is -0.393. The fourth-order valence-corrected chi connectivity index (χ4v) is 5.11. The highest BCUT2D eigenvalue weighted by molar-refractivity contribution is 7.92. The zero-order chi connectivity index (χ0) is 23.4. The fraction of sp³-hybridized carbons (Fsp3) is 0.208. The molecular weight excluding hydrogens is 464 g/mol. The minimum Gasteiger partial charge on any atom is -0.486 e. The molecule has 7 nitrogen and oxygen atoms in total. The second-order valence-corrected chi connectivity index (χ2v) is 9.86. The molecule has 1 heterocycles. The summed E-state index contributed by atoms with van der Waals surface area (Å²) in [5.41, 5.74) is 1.01. The number of hydrogen-bond donors (Lipinski definition) is 1. The van der Waals surface area contributed by atoms with Crippen LogP contribution in [0.4, 0.5) is 5.69 Å². The number of hydrogen-bond acceptors (Lipinski definition) is 5. The quantitative estimate of drug-likeness (QED) is 0.549. The van der Waals surface area contributed by atoms with E-state index in [9.17, 15) is 13.2 Å². The van der Waals surface area contributed by atoms with Gasteiger partial charge in [-0.05, 0) is 48.9 Å². The molecule has 1 atom stereocenters. The van der Waals surface area contributed by atoms with E-state index < -0.39 is 28.6 Å². The number of amides is 1. The first-order valence-electron chi connectivity index (χ1n) is 10.3. The average molecular weight is 487 g/mol. The number of carbonyl (C=O) groups is 1. The molecule has 172 valence electrons. The van der Waals surface area contributed by atoms with Crippen LogP contribution >= 0.6 is 11.6 Å². The second-order valence-electron chi connectivity index (χ2n) is 7.56. The molecule has 0 spiro atoms. The number of nitrogens with zero attached hydrogens (tertiary/aromatic N) is 1. The fourth-order valence-electron chi connectivity index (χ4n) is 3.45. The molecular formula is C24H23ClN2O5S. The molecule has 1 aliphatic rings. The van der Waals surface area contributed by atoms with Gasteiger partial charge in [-0.1, -0.05) is 48.0 Å². The van der Waals surface area contributed by atoms with Crippen molar-refractivity contribution in [2.75, 3.05) is 24.0 Å². The lowest BCUT2D eigenvalue weighted by Gasteiger charge is -2.28. The summed E-state index contributed by atoms with van der Waals surface area (Å²) in [5.74, 6) is 0.777. The number of nitrogens with one attached hydrogen (secondary N) is 1. The Kier molecular flexibility index (Phi) is 6.76. The van der Waals surface area contributed by atoms with Crippen LogP contribution in [0.5, 0.6) is 11.5 Å². The van der Waals surface area contributed by atoms with E-state index in [0.29, 0.717) is 27.8 Å². The molecule has 3 aromatic rings. The lowest BCUT2D eigenvalue weighted by molar-refractivity contribution is -0.120. The first kappa shape index (κ1) is 22.9. The van der Waals surface area contributed by atoms with Crippen molar-refractivity contribution in [3.8, 4) is 11.5 Å². The van der Waals surface area contributed by atoms with Gasteiger partial charge in [-0.2, -0.15) is 0 Å². The summed E-state index contributed by atoms with van der Waals surface area (Å²) >= 11 is 6.15. The maximum atomic E-state index is 13.4. The predicted molar refractivity (Wildman–Crippen MR) is 127 cm³/mol. The molecule has 1 aliphatic heterocycles. The number of aryl methyl sites for hydroxylation is 1. The summed E-state index contributed by atoms with van der Waals surface area (Å²) in [6.45, 7) is 1.79. The van der Waals surface area contributed by atoms with Crippen LogP contribution in [0.15, 0.2) is 77.7 Å². The number of para-hydroxylation sites is 2. The summed E-state index contributed by atoms with van der Waals surface area (Å²) in [4.78, 5) is 12.9. The zero-order valence-electron chi connectivity index (χ0n) is 17.9. The Hall–Kier alpha value is -3.23. The number of ether oxygens (including phenoxy) is 2. The third kappa shape index (κ3) is 5.23. The molecule has 1 amide bonds. The minimum absolute atomic E-state index is 0.0813. The van der Waals surface area contributed by atoms with Crippen LogP contribution in [-0.2, 0) is 14.8 Å². The highest BCUT2D eigenvalue weighted by Gasteiger charge is 2.29. The molecule has 0 saturated carbocycles. The molecule has 1 N–H and O–H groups in total. The van der Waals surface area contributed by atoms with E-state index in [0.717, 1.165) is 4.31 Å². The monoisotopic (exact) mass is 486 g/mol. The number of sulfonamides is 1. The van der Waals surface area contributed by atoms with Crippen molar-refractivity contribution in [1.82, 2.24) is 5.32 Å². The molecule has 0 aromatic heterocycles. The summed E-state index contributed by atoms with van der Waals surface area (Å²) in [5, 5.41) is 3.13. The minimum atomic E-state index is -4.01. The van der Waals surface area contributed by atoms with Crippen molar-refractivity contribution < 1.29 is 22.7 Å². The Morgan fingerprint density at radius 1 is 1.06 bits per heavy atom. The van der Waals surface area contributed by atoms with Crippen LogP contribution in [0.1, 0.15) is 5.56 Å². The summed E-state index contributed by atoms with van der Waals surface area (Å²) in [7, 11) is -4.01. The van der Waals surface area contributed by atoms with Gasteiger partial charge in [0.05, 0.1) is 17.1 Å². The molecule has 0 aliphatic carbocycles. The molecule has 4 rings (SSSR count). The van der Waals surface area contributed by atoms with Crippen molar-refractivity contribution in [2.45, 2.75) is 17.9 Å². The molecule has 1 unspecified atom stereocenters. The van der Waals surface area contributed by atoms with Gasteiger partial charge in [0.25, 0.3) is 10.0 Å². The van der Waals surface area contributed by atoms with Gasteiger partial charge in [0, 0.05) is 5.02 Å². The summed E-state index contributed by atoms with van der Waals surface area (Å²) < 4.78 is 39.5. The first-order chi connectivity index (χ1) is 15.8.